The van der Waals surface area contributed by atoms with E-state index in [0.29, 0.717) is 38.5 Å². The summed E-state index contributed by atoms with van der Waals surface area (Å²) in [6.45, 7) is 6.15. The van der Waals surface area contributed by atoms with Crippen LogP contribution in [0.3, 0.4) is 0 Å². The fraction of sp³-hybridized carbons (Fsp3) is 0.789. The second-order valence-electron chi connectivity index (χ2n) is 8.49. The summed E-state index contributed by atoms with van der Waals surface area (Å²) in [5.41, 5.74) is -0.572. The zero-order valence-electron chi connectivity index (χ0n) is 15.5. The van der Waals surface area contributed by atoms with Crippen molar-refractivity contribution < 1.29 is 33.6 Å². The molecule has 0 aromatic rings. The van der Waals surface area contributed by atoms with Gasteiger partial charge >= 0.3 is 11.9 Å². The van der Waals surface area contributed by atoms with E-state index in [-0.39, 0.29) is 23.8 Å². The van der Waals surface area contributed by atoms with Crippen molar-refractivity contribution in [3.63, 3.8) is 0 Å². The number of ether oxygens (including phenoxy) is 4. The molecule has 3 saturated heterocycles. The molecule has 4 heterocycles. The molecule has 8 nitrogen and oxygen atoms in total. The maximum Gasteiger partial charge on any atom is 0.319 e. The summed E-state index contributed by atoms with van der Waals surface area (Å²) >= 11 is 0. The fourth-order valence-electron chi connectivity index (χ4n) is 5.24. The first kappa shape index (κ1) is 17.6. The topological polar surface area (TPSA) is 97.8 Å². The Bertz CT molecular complexity index is 702. The molecule has 8 heteroatoms. The van der Waals surface area contributed by atoms with Crippen molar-refractivity contribution in [2.75, 3.05) is 26.3 Å². The molecule has 3 fully saturated rings. The number of epoxide rings is 1. The minimum Gasteiger partial charge on any atom is -0.461 e. The average Bonchev–Trinajstić information content (AvgIpc) is 3.05. The number of rotatable bonds is 1. The maximum atomic E-state index is 12.8. The van der Waals surface area contributed by atoms with Crippen molar-refractivity contribution in [2.24, 2.45) is 17.8 Å². The first-order valence-corrected chi connectivity index (χ1v) is 9.70. The third-order valence-corrected chi connectivity index (χ3v) is 6.78. The molecule has 2 bridgehead atoms. The van der Waals surface area contributed by atoms with Crippen molar-refractivity contribution in [1.29, 1.82) is 0 Å². The summed E-state index contributed by atoms with van der Waals surface area (Å²) in [4.78, 5) is 27.0. The lowest BCUT2D eigenvalue weighted by atomic mass is 9.80. The van der Waals surface area contributed by atoms with Gasteiger partial charge in [-0.3, -0.25) is 14.5 Å². The van der Waals surface area contributed by atoms with Crippen LogP contribution >= 0.6 is 0 Å². The van der Waals surface area contributed by atoms with Crippen molar-refractivity contribution in [1.82, 2.24) is 4.90 Å². The molecule has 8 unspecified atom stereocenters. The van der Waals surface area contributed by atoms with Gasteiger partial charge in [0.2, 0.25) is 0 Å². The molecular formula is C19H25NO7. The number of esters is 2. The monoisotopic (exact) mass is 379 g/mol. The van der Waals surface area contributed by atoms with Gasteiger partial charge in [0.05, 0.1) is 48.7 Å². The second-order valence-corrected chi connectivity index (χ2v) is 8.49. The summed E-state index contributed by atoms with van der Waals surface area (Å²) in [5, 5.41) is 11.1. The molecule has 0 radical (unpaired) electrons. The number of hydrogen-bond donors (Lipinski definition) is 1. The van der Waals surface area contributed by atoms with E-state index < -0.39 is 35.9 Å². The summed E-state index contributed by atoms with van der Waals surface area (Å²) in [6, 6.07) is -0.435. The van der Waals surface area contributed by atoms with Gasteiger partial charge in [0.15, 0.2) is 0 Å². The van der Waals surface area contributed by atoms with E-state index in [1.807, 2.05) is 13.8 Å². The van der Waals surface area contributed by atoms with Crippen LogP contribution in [0.4, 0.5) is 0 Å². The van der Waals surface area contributed by atoms with Gasteiger partial charge in [-0.25, -0.2) is 0 Å². The van der Waals surface area contributed by atoms with E-state index in [1.165, 1.54) is 0 Å². The van der Waals surface area contributed by atoms with Crippen LogP contribution in [0.15, 0.2) is 11.8 Å². The van der Waals surface area contributed by atoms with Crippen LogP contribution in [0.2, 0.25) is 0 Å². The number of aliphatic hydroxyl groups excluding tert-OH is 1. The van der Waals surface area contributed by atoms with E-state index in [9.17, 15) is 14.7 Å². The minimum absolute atomic E-state index is 0.282. The molecule has 1 N–H and O–H groups in total. The molecule has 5 aliphatic rings. The van der Waals surface area contributed by atoms with Gasteiger partial charge in [-0.15, -0.1) is 0 Å². The van der Waals surface area contributed by atoms with Crippen LogP contribution in [-0.4, -0.2) is 78.2 Å². The van der Waals surface area contributed by atoms with Gasteiger partial charge in [-0.2, -0.15) is 0 Å². The molecular weight excluding hydrogens is 354 g/mol. The molecule has 0 spiro atoms. The highest BCUT2D eigenvalue weighted by atomic mass is 16.6. The SMILES string of the molecule is CC1C(=O)OC2CC3(C)OC3C(O)C(N3CCOCC3)C3C=C(OC3=O)C21. The lowest BCUT2D eigenvalue weighted by molar-refractivity contribution is -0.146. The average molecular weight is 379 g/mol. The molecule has 0 saturated carbocycles. The largest absolute Gasteiger partial charge is 0.461 e. The molecule has 1 aliphatic carbocycles. The van der Waals surface area contributed by atoms with Crippen molar-refractivity contribution in [3.05, 3.63) is 11.8 Å². The summed E-state index contributed by atoms with van der Waals surface area (Å²) < 4.78 is 22.5. The summed E-state index contributed by atoms with van der Waals surface area (Å²) in [5.74, 6) is -1.43. The first-order valence-electron chi connectivity index (χ1n) is 9.70. The third kappa shape index (κ3) is 2.65. The maximum absolute atomic E-state index is 12.8. The second kappa shape index (κ2) is 6.01. The lowest BCUT2D eigenvalue weighted by Gasteiger charge is -2.38. The number of morpholine rings is 1. The summed E-state index contributed by atoms with van der Waals surface area (Å²) in [6.07, 6.45) is 0.626. The fourth-order valence-corrected chi connectivity index (χ4v) is 5.24. The van der Waals surface area contributed by atoms with Crippen molar-refractivity contribution in [2.45, 2.75) is 50.2 Å². The number of carbonyl (C=O) groups excluding carboxylic acids is 2. The van der Waals surface area contributed by atoms with Gasteiger partial charge in [-0.1, -0.05) is 6.92 Å². The Balaban J connectivity index is 1.55. The number of fused-ring (bicyclic) bond motifs is 4. The zero-order chi connectivity index (χ0) is 18.9. The van der Waals surface area contributed by atoms with Gasteiger partial charge in [0.1, 0.15) is 18.0 Å². The van der Waals surface area contributed by atoms with Crippen molar-refractivity contribution in [3.8, 4) is 0 Å². The third-order valence-electron chi connectivity index (χ3n) is 6.78. The quantitative estimate of drug-likeness (QED) is 0.496. The molecule has 27 heavy (non-hydrogen) atoms. The Morgan fingerprint density at radius 3 is 2.70 bits per heavy atom. The highest BCUT2D eigenvalue weighted by Gasteiger charge is 2.64. The smallest absolute Gasteiger partial charge is 0.319 e. The van der Waals surface area contributed by atoms with Crippen LogP contribution in [0.1, 0.15) is 20.3 Å². The first-order chi connectivity index (χ1) is 12.9. The van der Waals surface area contributed by atoms with Gasteiger partial charge < -0.3 is 24.1 Å². The van der Waals surface area contributed by atoms with Gasteiger partial charge in [0, 0.05) is 19.5 Å². The molecule has 4 aliphatic heterocycles. The van der Waals surface area contributed by atoms with E-state index in [2.05, 4.69) is 4.90 Å². The number of aliphatic hydroxyl groups is 1. The Morgan fingerprint density at radius 1 is 1.22 bits per heavy atom. The zero-order valence-corrected chi connectivity index (χ0v) is 15.5. The van der Waals surface area contributed by atoms with Crippen LogP contribution in [0, 0.1) is 17.8 Å². The van der Waals surface area contributed by atoms with E-state index in [1.54, 1.807) is 6.08 Å². The van der Waals surface area contributed by atoms with E-state index in [4.69, 9.17) is 18.9 Å². The predicted octanol–water partition coefficient (Wildman–Crippen LogP) is -0.156. The Hall–Kier alpha value is -1.48. The number of carbonyl (C=O) groups is 2. The standard InChI is InChI=1S/C19H25NO7/c1-9-13-11-7-10(18(23)25-11)14(20-3-5-24-6-4-20)15(21)16-19(2,27-16)8-12(13)26-17(9)22/h7,9-10,12-16,21H,3-6,8H2,1-2H3. The highest BCUT2D eigenvalue weighted by molar-refractivity contribution is 5.81. The Morgan fingerprint density at radius 2 is 1.96 bits per heavy atom. The molecule has 148 valence electrons. The van der Waals surface area contributed by atoms with Gasteiger partial charge in [-0.05, 0) is 13.0 Å². The minimum atomic E-state index is -0.840. The van der Waals surface area contributed by atoms with Crippen LogP contribution < -0.4 is 0 Å². The number of hydrogen-bond acceptors (Lipinski definition) is 8. The van der Waals surface area contributed by atoms with Crippen LogP contribution in [0.25, 0.3) is 0 Å². The lowest BCUT2D eigenvalue weighted by Crippen LogP contribution is -2.55. The molecule has 0 aromatic carbocycles. The molecule has 5 rings (SSSR count). The molecule has 0 amide bonds. The Kier molecular flexibility index (Phi) is 3.92. The van der Waals surface area contributed by atoms with E-state index >= 15 is 0 Å². The van der Waals surface area contributed by atoms with Crippen LogP contribution in [0.5, 0.6) is 0 Å². The highest BCUT2D eigenvalue weighted by Crippen LogP contribution is 2.51. The van der Waals surface area contributed by atoms with Crippen molar-refractivity contribution >= 4 is 11.9 Å². The molecule has 8 atom stereocenters. The van der Waals surface area contributed by atoms with E-state index in [0.717, 1.165) is 0 Å². The molecule has 0 aromatic heterocycles. The van der Waals surface area contributed by atoms with Crippen LogP contribution in [-0.2, 0) is 28.5 Å². The normalized spacial score (nSPS) is 49.6. The summed E-state index contributed by atoms with van der Waals surface area (Å²) in [7, 11) is 0. The number of nitrogens with zero attached hydrogens (tertiary/aromatic N) is 1. The predicted molar refractivity (Wildman–Crippen MR) is 90.3 cm³/mol. The van der Waals surface area contributed by atoms with Gasteiger partial charge in [0.25, 0.3) is 0 Å². The Labute approximate surface area is 157 Å².